The molecule has 0 saturated heterocycles. The molecule has 1 aliphatic rings. The lowest BCUT2D eigenvalue weighted by Gasteiger charge is -2.23. The van der Waals surface area contributed by atoms with Gasteiger partial charge in [-0.15, -0.1) is 0 Å². The van der Waals surface area contributed by atoms with E-state index in [1.807, 2.05) is 12.3 Å². The molecule has 0 aliphatic heterocycles. The van der Waals surface area contributed by atoms with Crippen molar-refractivity contribution >= 4 is 10.9 Å². The number of nitrogens with one attached hydrogen (secondary N) is 1. The Balaban J connectivity index is 2.04. The molecule has 0 radical (unpaired) electrons. The molecule has 1 fully saturated rings. The summed E-state index contributed by atoms with van der Waals surface area (Å²) in [6.45, 7) is 2.36. The highest BCUT2D eigenvalue weighted by molar-refractivity contribution is 5.79. The van der Waals surface area contributed by atoms with Gasteiger partial charge >= 0.3 is 0 Å². The first kappa shape index (κ1) is 10.7. The van der Waals surface area contributed by atoms with E-state index in [0.717, 1.165) is 5.52 Å². The topological polar surface area (TPSA) is 24.9 Å². The summed E-state index contributed by atoms with van der Waals surface area (Å²) in [4.78, 5) is 4.36. The lowest BCUT2D eigenvalue weighted by Crippen LogP contribution is -2.24. The van der Waals surface area contributed by atoms with E-state index in [9.17, 15) is 0 Å². The normalized spacial score (nSPS) is 19.2. The predicted molar refractivity (Wildman–Crippen MR) is 70.9 cm³/mol. The fraction of sp³-hybridized carbons (Fsp3) is 0.400. The molecule has 1 unspecified atom stereocenters. The number of fused-ring (bicyclic) bond motifs is 1. The van der Waals surface area contributed by atoms with E-state index >= 15 is 0 Å². The Morgan fingerprint density at radius 1 is 1.29 bits per heavy atom. The number of rotatable bonds is 3. The van der Waals surface area contributed by atoms with Crippen LogP contribution in [-0.4, -0.2) is 12.0 Å². The van der Waals surface area contributed by atoms with E-state index in [4.69, 9.17) is 0 Å². The second kappa shape index (κ2) is 3.81. The molecular formula is C15H18N2. The van der Waals surface area contributed by atoms with Gasteiger partial charge in [-0.1, -0.05) is 19.1 Å². The second-order valence-electron chi connectivity index (χ2n) is 5.33. The minimum absolute atomic E-state index is 0.449. The van der Waals surface area contributed by atoms with Crippen molar-refractivity contribution in [3.05, 3.63) is 42.1 Å². The van der Waals surface area contributed by atoms with Crippen LogP contribution in [0.3, 0.4) is 0 Å². The molecule has 0 spiro atoms. The zero-order valence-electron chi connectivity index (χ0n) is 10.4. The molecule has 0 amide bonds. The number of nitrogens with zero attached hydrogens (tertiary/aromatic N) is 1. The molecule has 1 aliphatic carbocycles. The predicted octanol–water partition coefficient (Wildman–Crippen LogP) is 3.30. The maximum atomic E-state index is 4.36. The van der Waals surface area contributed by atoms with Crippen LogP contribution in [0.15, 0.2) is 36.5 Å². The van der Waals surface area contributed by atoms with Crippen LogP contribution in [0.1, 0.15) is 31.4 Å². The van der Waals surface area contributed by atoms with Gasteiger partial charge < -0.3 is 5.32 Å². The highest BCUT2D eigenvalue weighted by atomic mass is 14.9. The maximum Gasteiger partial charge on any atom is 0.0702 e. The zero-order chi connectivity index (χ0) is 11.9. The quantitative estimate of drug-likeness (QED) is 0.868. The lowest BCUT2D eigenvalue weighted by atomic mass is 9.91. The van der Waals surface area contributed by atoms with E-state index < -0.39 is 0 Å². The van der Waals surface area contributed by atoms with E-state index in [1.54, 1.807) is 0 Å². The molecule has 1 heterocycles. The van der Waals surface area contributed by atoms with Crippen LogP contribution >= 0.6 is 0 Å². The molecule has 2 aromatic rings. The third kappa shape index (κ3) is 1.83. The van der Waals surface area contributed by atoms with Gasteiger partial charge in [-0.2, -0.15) is 0 Å². The van der Waals surface area contributed by atoms with Crippen LogP contribution in [0.25, 0.3) is 10.9 Å². The van der Waals surface area contributed by atoms with Gasteiger partial charge in [-0.3, -0.25) is 4.98 Å². The molecule has 17 heavy (non-hydrogen) atoms. The van der Waals surface area contributed by atoms with Crippen molar-refractivity contribution in [2.45, 2.75) is 25.8 Å². The van der Waals surface area contributed by atoms with Gasteiger partial charge in [0.1, 0.15) is 0 Å². The molecule has 0 bridgehead atoms. The van der Waals surface area contributed by atoms with Gasteiger partial charge in [0.2, 0.25) is 0 Å². The maximum absolute atomic E-state index is 4.36. The minimum atomic E-state index is 0.449. The Morgan fingerprint density at radius 3 is 2.82 bits per heavy atom. The van der Waals surface area contributed by atoms with E-state index in [2.05, 4.69) is 48.5 Å². The number of benzene rings is 1. The average molecular weight is 226 g/mol. The van der Waals surface area contributed by atoms with Crippen molar-refractivity contribution < 1.29 is 0 Å². The first-order valence-corrected chi connectivity index (χ1v) is 6.25. The molecule has 1 aromatic heterocycles. The van der Waals surface area contributed by atoms with Crippen LogP contribution in [0.5, 0.6) is 0 Å². The smallest absolute Gasteiger partial charge is 0.0702 e. The SMILES string of the molecule is CNC(c1ccc2ncccc2c1)C1(C)CC1. The van der Waals surface area contributed by atoms with Crippen molar-refractivity contribution in [3.8, 4) is 0 Å². The van der Waals surface area contributed by atoms with Crippen molar-refractivity contribution in [1.29, 1.82) is 0 Å². The van der Waals surface area contributed by atoms with Gasteiger partial charge in [0.25, 0.3) is 0 Å². The largest absolute Gasteiger partial charge is 0.313 e. The van der Waals surface area contributed by atoms with Crippen LogP contribution in [-0.2, 0) is 0 Å². The summed E-state index contributed by atoms with van der Waals surface area (Å²) in [7, 11) is 2.06. The highest BCUT2D eigenvalue weighted by Crippen LogP contribution is 2.54. The van der Waals surface area contributed by atoms with Gasteiger partial charge in [-0.05, 0) is 49.1 Å². The van der Waals surface area contributed by atoms with Crippen molar-refractivity contribution in [2.24, 2.45) is 5.41 Å². The third-order valence-electron chi connectivity index (χ3n) is 3.98. The number of hydrogen-bond donors (Lipinski definition) is 1. The van der Waals surface area contributed by atoms with Gasteiger partial charge in [0.15, 0.2) is 0 Å². The summed E-state index contributed by atoms with van der Waals surface area (Å²) >= 11 is 0. The Morgan fingerprint density at radius 2 is 2.12 bits per heavy atom. The molecule has 2 heteroatoms. The first-order chi connectivity index (χ1) is 8.23. The molecule has 1 N–H and O–H groups in total. The summed E-state index contributed by atoms with van der Waals surface area (Å²) in [5, 5.41) is 4.70. The number of pyridine rings is 1. The van der Waals surface area contributed by atoms with Crippen LogP contribution in [0.4, 0.5) is 0 Å². The molecule has 88 valence electrons. The Kier molecular flexibility index (Phi) is 2.40. The van der Waals surface area contributed by atoms with Crippen molar-refractivity contribution in [2.75, 3.05) is 7.05 Å². The van der Waals surface area contributed by atoms with Gasteiger partial charge in [0.05, 0.1) is 5.52 Å². The van der Waals surface area contributed by atoms with E-state index in [-0.39, 0.29) is 0 Å². The fourth-order valence-corrected chi connectivity index (χ4v) is 2.68. The van der Waals surface area contributed by atoms with Crippen LogP contribution < -0.4 is 5.32 Å². The Hall–Kier alpha value is -1.41. The van der Waals surface area contributed by atoms with Crippen LogP contribution in [0.2, 0.25) is 0 Å². The zero-order valence-corrected chi connectivity index (χ0v) is 10.4. The molecule has 2 nitrogen and oxygen atoms in total. The van der Waals surface area contributed by atoms with Crippen molar-refractivity contribution in [1.82, 2.24) is 10.3 Å². The Bertz CT molecular complexity index is 543. The molecule has 1 aromatic carbocycles. The van der Waals surface area contributed by atoms with Gasteiger partial charge in [-0.25, -0.2) is 0 Å². The standard InChI is InChI=1S/C15H18N2/c1-15(7-8-15)14(16-2)12-5-6-13-11(10-12)4-3-9-17-13/h3-6,9-10,14,16H,7-8H2,1-2H3. The molecule has 1 atom stereocenters. The van der Waals surface area contributed by atoms with Crippen LogP contribution in [0, 0.1) is 5.41 Å². The number of hydrogen-bond acceptors (Lipinski definition) is 2. The molecular weight excluding hydrogens is 208 g/mol. The fourth-order valence-electron chi connectivity index (χ4n) is 2.68. The third-order valence-corrected chi connectivity index (χ3v) is 3.98. The molecule has 3 rings (SSSR count). The minimum Gasteiger partial charge on any atom is -0.313 e. The van der Waals surface area contributed by atoms with Gasteiger partial charge in [0, 0.05) is 17.6 Å². The summed E-state index contributed by atoms with van der Waals surface area (Å²) in [6, 6.07) is 11.2. The summed E-state index contributed by atoms with van der Waals surface area (Å²) < 4.78 is 0. The van der Waals surface area contributed by atoms with Crippen molar-refractivity contribution in [3.63, 3.8) is 0 Å². The Labute approximate surface area is 102 Å². The first-order valence-electron chi connectivity index (χ1n) is 6.25. The van der Waals surface area contributed by atoms with E-state index in [0.29, 0.717) is 11.5 Å². The molecule has 1 saturated carbocycles. The summed E-state index contributed by atoms with van der Waals surface area (Å²) in [6.07, 6.45) is 4.49. The van der Waals surface area contributed by atoms with E-state index in [1.165, 1.54) is 23.8 Å². The average Bonchev–Trinajstić information content (AvgIpc) is 3.09. The lowest BCUT2D eigenvalue weighted by molar-refractivity contribution is 0.391. The second-order valence-corrected chi connectivity index (χ2v) is 5.33. The highest BCUT2D eigenvalue weighted by Gasteiger charge is 2.44. The number of aromatic nitrogens is 1. The summed E-state index contributed by atoms with van der Waals surface area (Å²) in [5.41, 5.74) is 2.91. The monoisotopic (exact) mass is 226 g/mol. The summed E-state index contributed by atoms with van der Waals surface area (Å²) in [5.74, 6) is 0.